The molecule has 1 saturated carbocycles. The molecule has 0 amide bonds. The van der Waals surface area contributed by atoms with Crippen LogP contribution in [0.5, 0.6) is 0 Å². The molecular weight excluding hydrogens is 152 g/mol. The van der Waals surface area contributed by atoms with Gasteiger partial charge in [0, 0.05) is 0 Å². The van der Waals surface area contributed by atoms with E-state index in [4.69, 9.17) is 12.2 Å². The molecule has 11 heavy (non-hydrogen) atoms. The van der Waals surface area contributed by atoms with E-state index in [0.29, 0.717) is 0 Å². The van der Waals surface area contributed by atoms with Gasteiger partial charge >= 0.3 is 0 Å². The third kappa shape index (κ3) is 2.55. The van der Waals surface area contributed by atoms with Crippen LogP contribution >= 0.6 is 12.2 Å². The van der Waals surface area contributed by atoms with Crippen LogP contribution in [0.15, 0.2) is 0 Å². The summed E-state index contributed by atoms with van der Waals surface area (Å²) in [6, 6.07) is 0. The molecule has 0 nitrogen and oxygen atoms in total. The molecule has 1 aliphatic rings. The maximum atomic E-state index is 5.14. The van der Waals surface area contributed by atoms with E-state index in [0.717, 1.165) is 17.8 Å². The van der Waals surface area contributed by atoms with Gasteiger partial charge in [0.2, 0.25) is 0 Å². The molecule has 0 bridgehead atoms. The van der Waals surface area contributed by atoms with Crippen LogP contribution in [0.1, 0.15) is 40.0 Å². The number of hydrogen-bond acceptors (Lipinski definition) is 1. The smallest absolute Gasteiger partial charge is 0.00714 e. The normalized spacial score (nSPS) is 30.2. The van der Waals surface area contributed by atoms with Crippen molar-refractivity contribution >= 4 is 17.1 Å². The molecule has 0 unspecified atom stereocenters. The van der Waals surface area contributed by atoms with Crippen LogP contribution < -0.4 is 0 Å². The fourth-order valence-corrected chi connectivity index (χ4v) is 2.12. The highest BCUT2D eigenvalue weighted by molar-refractivity contribution is 7.80. The standard InChI is InChI=1S/C10H18S/c1-7(2)4-9-5-10(6-9)8(3)11/h7,9-10H,4-6H2,1-3H3/t9-,10+. The molecule has 0 aromatic heterocycles. The lowest BCUT2D eigenvalue weighted by Crippen LogP contribution is -2.28. The molecule has 0 aromatic carbocycles. The molecule has 0 radical (unpaired) electrons. The Kier molecular flexibility index (Phi) is 3.06. The lowest BCUT2D eigenvalue weighted by Gasteiger charge is -2.36. The first kappa shape index (κ1) is 9.18. The van der Waals surface area contributed by atoms with Gasteiger partial charge < -0.3 is 0 Å². The predicted molar refractivity (Wildman–Crippen MR) is 53.9 cm³/mol. The molecule has 0 aliphatic heterocycles. The summed E-state index contributed by atoms with van der Waals surface area (Å²) < 4.78 is 0. The van der Waals surface area contributed by atoms with E-state index >= 15 is 0 Å². The van der Waals surface area contributed by atoms with Crippen molar-refractivity contribution in [2.24, 2.45) is 17.8 Å². The molecule has 0 spiro atoms. The van der Waals surface area contributed by atoms with Gasteiger partial charge in [0.25, 0.3) is 0 Å². The summed E-state index contributed by atoms with van der Waals surface area (Å²) in [5.74, 6) is 2.64. The molecule has 1 fully saturated rings. The molecule has 0 heterocycles. The van der Waals surface area contributed by atoms with Crippen LogP contribution in [0.4, 0.5) is 0 Å². The van der Waals surface area contributed by atoms with Crippen molar-refractivity contribution in [3.05, 3.63) is 0 Å². The van der Waals surface area contributed by atoms with Crippen molar-refractivity contribution in [2.45, 2.75) is 40.0 Å². The summed E-state index contributed by atoms with van der Waals surface area (Å²) in [5, 5.41) is 0. The Morgan fingerprint density at radius 3 is 2.36 bits per heavy atom. The molecule has 1 rings (SSSR count). The van der Waals surface area contributed by atoms with E-state index in [1.54, 1.807) is 0 Å². The zero-order valence-electron chi connectivity index (χ0n) is 7.76. The Morgan fingerprint density at radius 1 is 1.45 bits per heavy atom. The zero-order chi connectivity index (χ0) is 8.43. The molecule has 64 valence electrons. The van der Waals surface area contributed by atoms with Crippen molar-refractivity contribution in [1.82, 2.24) is 0 Å². The van der Waals surface area contributed by atoms with Gasteiger partial charge in [-0.05, 0) is 48.8 Å². The summed E-state index contributed by atoms with van der Waals surface area (Å²) in [5.41, 5.74) is 0. The van der Waals surface area contributed by atoms with Crippen molar-refractivity contribution in [3.8, 4) is 0 Å². The first-order chi connectivity index (χ1) is 5.09. The molecule has 0 aromatic rings. The van der Waals surface area contributed by atoms with E-state index in [1.807, 2.05) is 0 Å². The first-order valence-corrected chi connectivity index (χ1v) is 5.01. The average molecular weight is 170 g/mol. The maximum Gasteiger partial charge on any atom is -0.00714 e. The minimum Gasteiger partial charge on any atom is -0.0897 e. The summed E-state index contributed by atoms with van der Waals surface area (Å²) >= 11 is 5.14. The van der Waals surface area contributed by atoms with Gasteiger partial charge in [0.05, 0.1) is 0 Å². The van der Waals surface area contributed by atoms with Crippen LogP contribution in [-0.2, 0) is 0 Å². The van der Waals surface area contributed by atoms with Gasteiger partial charge in [-0.2, -0.15) is 0 Å². The van der Waals surface area contributed by atoms with Gasteiger partial charge in [-0.25, -0.2) is 0 Å². The second kappa shape index (κ2) is 3.66. The molecule has 0 saturated heterocycles. The van der Waals surface area contributed by atoms with Crippen LogP contribution in [-0.4, -0.2) is 4.86 Å². The highest BCUT2D eigenvalue weighted by atomic mass is 32.1. The van der Waals surface area contributed by atoms with Crippen molar-refractivity contribution in [2.75, 3.05) is 0 Å². The predicted octanol–water partition coefficient (Wildman–Crippen LogP) is 3.45. The fourth-order valence-electron chi connectivity index (χ4n) is 1.93. The van der Waals surface area contributed by atoms with Crippen LogP contribution in [0, 0.1) is 17.8 Å². The molecular formula is C10H18S. The van der Waals surface area contributed by atoms with E-state index in [1.165, 1.54) is 24.1 Å². The van der Waals surface area contributed by atoms with Gasteiger partial charge in [-0.15, -0.1) is 0 Å². The molecule has 0 atom stereocenters. The molecule has 1 heteroatoms. The minimum absolute atomic E-state index is 0.786. The van der Waals surface area contributed by atoms with Crippen LogP contribution in [0.3, 0.4) is 0 Å². The molecule has 1 aliphatic carbocycles. The third-order valence-corrected chi connectivity index (χ3v) is 2.95. The SMILES string of the molecule is CC(=S)[C@H]1C[C@@H](CC(C)C)C1. The largest absolute Gasteiger partial charge is 0.0897 e. The van der Waals surface area contributed by atoms with Crippen LogP contribution in [0.25, 0.3) is 0 Å². The van der Waals surface area contributed by atoms with E-state index < -0.39 is 0 Å². The maximum absolute atomic E-state index is 5.14. The summed E-state index contributed by atoms with van der Waals surface area (Å²) in [6.07, 6.45) is 4.14. The monoisotopic (exact) mass is 170 g/mol. The van der Waals surface area contributed by atoms with Gasteiger partial charge in [0.15, 0.2) is 0 Å². The van der Waals surface area contributed by atoms with Crippen molar-refractivity contribution in [1.29, 1.82) is 0 Å². The first-order valence-electron chi connectivity index (χ1n) is 4.60. The lowest BCUT2D eigenvalue weighted by atomic mass is 9.70. The number of thiocarbonyl (C=S) groups is 1. The van der Waals surface area contributed by atoms with E-state index in [9.17, 15) is 0 Å². The quantitative estimate of drug-likeness (QED) is 0.585. The number of hydrogen-bond donors (Lipinski definition) is 0. The Bertz CT molecular complexity index is 143. The van der Waals surface area contributed by atoms with Crippen LogP contribution in [0.2, 0.25) is 0 Å². The summed E-state index contributed by atoms with van der Waals surface area (Å²) in [4.78, 5) is 1.23. The van der Waals surface area contributed by atoms with E-state index in [-0.39, 0.29) is 0 Å². The van der Waals surface area contributed by atoms with Crippen molar-refractivity contribution in [3.63, 3.8) is 0 Å². The second-order valence-corrected chi connectivity index (χ2v) is 4.92. The minimum atomic E-state index is 0.786. The summed E-state index contributed by atoms with van der Waals surface area (Å²) in [7, 11) is 0. The third-order valence-electron chi connectivity index (χ3n) is 2.62. The van der Waals surface area contributed by atoms with Crippen molar-refractivity contribution < 1.29 is 0 Å². The van der Waals surface area contributed by atoms with E-state index in [2.05, 4.69) is 20.8 Å². The van der Waals surface area contributed by atoms with Gasteiger partial charge in [0.1, 0.15) is 0 Å². The van der Waals surface area contributed by atoms with Gasteiger partial charge in [-0.3, -0.25) is 0 Å². The van der Waals surface area contributed by atoms with Gasteiger partial charge in [-0.1, -0.05) is 26.1 Å². The fraction of sp³-hybridized carbons (Fsp3) is 0.900. The highest BCUT2D eigenvalue weighted by Crippen LogP contribution is 2.38. The molecule has 0 N–H and O–H groups in total. The Hall–Kier alpha value is 0.0900. The highest BCUT2D eigenvalue weighted by Gasteiger charge is 2.30. The Labute approximate surface area is 75.4 Å². The number of rotatable bonds is 3. The Balaban J connectivity index is 2.14. The Morgan fingerprint density at radius 2 is 2.00 bits per heavy atom. The zero-order valence-corrected chi connectivity index (χ0v) is 8.58. The summed E-state index contributed by atoms with van der Waals surface area (Å²) in [6.45, 7) is 6.70. The topological polar surface area (TPSA) is 0 Å². The lowest BCUT2D eigenvalue weighted by molar-refractivity contribution is 0.219. The second-order valence-electron chi connectivity index (χ2n) is 4.27. The average Bonchev–Trinajstić information content (AvgIpc) is 1.75.